The highest BCUT2D eigenvalue weighted by molar-refractivity contribution is 6.08. The fourth-order valence-corrected chi connectivity index (χ4v) is 2.60. The molecular weight excluding hydrogens is 212 g/mol. The highest BCUT2D eigenvalue weighted by Crippen LogP contribution is 2.33. The van der Waals surface area contributed by atoms with E-state index in [0.29, 0.717) is 5.92 Å². The predicted molar refractivity (Wildman–Crippen MR) is 66.8 cm³/mol. The van der Waals surface area contributed by atoms with Crippen molar-refractivity contribution in [3.8, 4) is 0 Å². The van der Waals surface area contributed by atoms with Gasteiger partial charge in [-0.3, -0.25) is 9.59 Å². The van der Waals surface area contributed by atoms with E-state index in [0.717, 1.165) is 6.42 Å². The molecule has 0 spiro atoms. The molecule has 1 fully saturated rings. The molecule has 0 radical (unpaired) electrons. The van der Waals surface area contributed by atoms with Crippen LogP contribution < -0.4 is 0 Å². The van der Waals surface area contributed by atoms with Crippen molar-refractivity contribution < 1.29 is 9.59 Å². The van der Waals surface area contributed by atoms with E-state index in [4.69, 9.17) is 0 Å². The Labute approximate surface area is 102 Å². The number of carbonyl (C=O) groups is 2. The SMILES string of the molecule is CC(CC1C(=O)CC(=O)C1C)c1ccccc1. The van der Waals surface area contributed by atoms with Gasteiger partial charge >= 0.3 is 0 Å². The minimum Gasteiger partial charge on any atom is -0.299 e. The summed E-state index contributed by atoms with van der Waals surface area (Å²) in [6.45, 7) is 4.01. The summed E-state index contributed by atoms with van der Waals surface area (Å²) in [4.78, 5) is 23.2. The fraction of sp³-hybridized carbons (Fsp3) is 0.467. The first-order valence-corrected chi connectivity index (χ1v) is 6.20. The third kappa shape index (κ3) is 2.46. The summed E-state index contributed by atoms with van der Waals surface area (Å²) in [5, 5.41) is 0. The summed E-state index contributed by atoms with van der Waals surface area (Å²) in [7, 11) is 0. The molecule has 0 heterocycles. The van der Waals surface area contributed by atoms with Crippen LogP contribution in [-0.2, 0) is 9.59 Å². The van der Waals surface area contributed by atoms with Crippen LogP contribution in [0.2, 0.25) is 0 Å². The third-order valence-electron chi connectivity index (χ3n) is 3.85. The Balaban J connectivity index is 2.07. The minimum atomic E-state index is -0.0892. The highest BCUT2D eigenvalue weighted by Gasteiger charge is 2.38. The van der Waals surface area contributed by atoms with Gasteiger partial charge in [0.2, 0.25) is 0 Å². The van der Waals surface area contributed by atoms with Crippen molar-refractivity contribution in [1.82, 2.24) is 0 Å². The van der Waals surface area contributed by atoms with E-state index in [2.05, 4.69) is 19.1 Å². The van der Waals surface area contributed by atoms with Crippen molar-refractivity contribution in [2.45, 2.75) is 32.6 Å². The van der Waals surface area contributed by atoms with Crippen LogP contribution in [0.15, 0.2) is 30.3 Å². The average molecular weight is 230 g/mol. The lowest BCUT2D eigenvalue weighted by atomic mass is 9.85. The van der Waals surface area contributed by atoms with Gasteiger partial charge in [-0.15, -0.1) is 0 Å². The minimum absolute atomic E-state index is 0.0716. The van der Waals surface area contributed by atoms with Crippen molar-refractivity contribution >= 4 is 11.6 Å². The number of rotatable bonds is 3. The second-order valence-electron chi connectivity index (χ2n) is 5.05. The van der Waals surface area contributed by atoms with Crippen LogP contribution in [0.3, 0.4) is 0 Å². The molecule has 17 heavy (non-hydrogen) atoms. The van der Waals surface area contributed by atoms with Crippen molar-refractivity contribution in [2.75, 3.05) is 0 Å². The van der Waals surface area contributed by atoms with Crippen molar-refractivity contribution in [3.63, 3.8) is 0 Å². The Hall–Kier alpha value is -1.44. The molecule has 3 unspecified atom stereocenters. The van der Waals surface area contributed by atoms with Crippen LogP contribution in [0.4, 0.5) is 0 Å². The Morgan fingerprint density at radius 1 is 1.18 bits per heavy atom. The molecule has 0 aliphatic heterocycles. The fourth-order valence-electron chi connectivity index (χ4n) is 2.60. The predicted octanol–water partition coefficient (Wildman–Crippen LogP) is 2.97. The Morgan fingerprint density at radius 2 is 1.82 bits per heavy atom. The third-order valence-corrected chi connectivity index (χ3v) is 3.85. The first kappa shape index (κ1) is 12.0. The van der Waals surface area contributed by atoms with E-state index in [9.17, 15) is 9.59 Å². The van der Waals surface area contributed by atoms with Crippen LogP contribution >= 0.6 is 0 Å². The molecule has 0 N–H and O–H groups in total. The van der Waals surface area contributed by atoms with E-state index < -0.39 is 0 Å². The second-order valence-corrected chi connectivity index (χ2v) is 5.05. The number of carbonyl (C=O) groups excluding carboxylic acids is 2. The van der Waals surface area contributed by atoms with Gasteiger partial charge in [0.05, 0.1) is 6.42 Å². The molecule has 90 valence electrons. The zero-order valence-electron chi connectivity index (χ0n) is 10.3. The molecule has 1 aliphatic carbocycles. The molecule has 1 aliphatic rings. The summed E-state index contributed by atoms with van der Waals surface area (Å²) in [5.74, 6) is 0.412. The van der Waals surface area contributed by atoms with Crippen LogP contribution in [0, 0.1) is 11.8 Å². The van der Waals surface area contributed by atoms with Gasteiger partial charge in [-0.05, 0) is 17.9 Å². The van der Waals surface area contributed by atoms with Gasteiger partial charge in [0.25, 0.3) is 0 Å². The monoisotopic (exact) mass is 230 g/mol. The highest BCUT2D eigenvalue weighted by atomic mass is 16.2. The van der Waals surface area contributed by atoms with Gasteiger partial charge in [0, 0.05) is 11.8 Å². The smallest absolute Gasteiger partial charge is 0.144 e. The maximum Gasteiger partial charge on any atom is 0.144 e. The number of Topliss-reactive ketones (excluding diaryl/α,β-unsaturated/α-hetero) is 2. The molecule has 1 aromatic rings. The standard InChI is InChI=1S/C15H18O2/c1-10(12-6-4-3-5-7-12)8-13-11(2)14(16)9-15(13)17/h3-7,10-11,13H,8-9H2,1-2H3. The van der Waals surface area contributed by atoms with Gasteiger partial charge in [0.15, 0.2) is 0 Å². The lowest BCUT2D eigenvalue weighted by molar-refractivity contribution is -0.122. The zero-order valence-corrected chi connectivity index (χ0v) is 10.3. The summed E-state index contributed by atoms with van der Waals surface area (Å²) >= 11 is 0. The molecule has 2 nitrogen and oxygen atoms in total. The first-order valence-electron chi connectivity index (χ1n) is 6.20. The Bertz CT molecular complexity index is 422. The second kappa shape index (κ2) is 4.82. The van der Waals surface area contributed by atoms with E-state index >= 15 is 0 Å². The number of ketones is 2. The molecule has 1 saturated carbocycles. The average Bonchev–Trinajstić information content (AvgIpc) is 2.57. The molecule has 0 saturated heterocycles. The molecule has 3 atom stereocenters. The first-order chi connectivity index (χ1) is 8.09. The molecule has 1 aromatic carbocycles. The summed E-state index contributed by atoms with van der Waals surface area (Å²) in [6.07, 6.45) is 0.934. The molecule has 0 aromatic heterocycles. The van der Waals surface area contributed by atoms with Gasteiger partial charge in [0.1, 0.15) is 11.6 Å². The van der Waals surface area contributed by atoms with Crippen molar-refractivity contribution in [1.29, 1.82) is 0 Å². The van der Waals surface area contributed by atoms with Crippen LogP contribution in [0.5, 0.6) is 0 Å². The van der Waals surface area contributed by atoms with E-state index in [1.165, 1.54) is 5.56 Å². The maximum atomic E-state index is 11.7. The number of hydrogen-bond donors (Lipinski definition) is 0. The summed E-state index contributed by atoms with van der Waals surface area (Å²) in [5.41, 5.74) is 1.24. The summed E-state index contributed by atoms with van der Waals surface area (Å²) in [6, 6.07) is 10.2. The van der Waals surface area contributed by atoms with Gasteiger partial charge in [-0.1, -0.05) is 44.2 Å². The molecular formula is C15H18O2. The number of benzene rings is 1. The molecule has 2 heteroatoms. The van der Waals surface area contributed by atoms with Crippen LogP contribution in [0.25, 0.3) is 0 Å². The van der Waals surface area contributed by atoms with Gasteiger partial charge in [-0.2, -0.15) is 0 Å². The molecule has 0 bridgehead atoms. The Morgan fingerprint density at radius 3 is 2.35 bits per heavy atom. The molecule has 0 amide bonds. The normalized spacial score (nSPS) is 26.2. The van der Waals surface area contributed by atoms with E-state index in [1.807, 2.05) is 25.1 Å². The van der Waals surface area contributed by atoms with Gasteiger partial charge < -0.3 is 0 Å². The largest absolute Gasteiger partial charge is 0.299 e. The van der Waals surface area contributed by atoms with Crippen molar-refractivity contribution in [3.05, 3.63) is 35.9 Å². The maximum absolute atomic E-state index is 11.7. The molecule has 2 rings (SSSR count). The Kier molecular flexibility index (Phi) is 3.41. The summed E-state index contributed by atoms with van der Waals surface area (Å²) < 4.78 is 0. The van der Waals surface area contributed by atoms with Crippen molar-refractivity contribution in [2.24, 2.45) is 11.8 Å². The van der Waals surface area contributed by atoms with E-state index in [1.54, 1.807) is 0 Å². The zero-order chi connectivity index (χ0) is 12.4. The van der Waals surface area contributed by atoms with Gasteiger partial charge in [-0.25, -0.2) is 0 Å². The van der Waals surface area contributed by atoms with Crippen LogP contribution in [0.1, 0.15) is 38.2 Å². The lowest BCUT2D eigenvalue weighted by Crippen LogP contribution is -2.17. The van der Waals surface area contributed by atoms with E-state index in [-0.39, 0.29) is 29.8 Å². The van der Waals surface area contributed by atoms with Crippen LogP contribution in [-0.4, -0.2) is 11.6 Å². The number of hydrogen-bond acceptors (Lipinski definition) is 2. The topological polar surface area (TPSA) is 34.1 Å². The lowest BCUT2D eigenvalue weighted by Gasteiger charge is -2.18. The quantitative estimate of drug-likeness (QED) is 0.748.